The predicted octanol–water partition coefficient (Wildman–Crippen LogP) is 2.21. The van der Waals surface area contributed by atoms with Gasteiger partial charge in [0, 0.05) is 51.0 Å². The Morgan fingerprint density at radius 2 is 2.27 bits per heavy atom. The van der Waals surface area contributed by atoms with Crippen LogP contribution in [0.1, 0.15) is 18.4 Å². The van der Waals surface area contributed by atoms with Crippen LogP contribution < -0.4 is 4.90 Å². The van der Waals surface area contributed by atoms with Gasteiger partial charge in [0.15, 0.2) is 11.6 Å². The summed E-state index contributed by atoms with van der Waals surface area (Å²) in [5.41, 5.74) is 1.17. The standard InChI is InChI=1S/C16H21FN4O/c1-3-22-11-13-9-21(16-15(17)5-4-6-18-16)10-14(13)12-7-19-20(2)8-12/h4-8,13-14H,3,9-11H2,1-2H3/t13-,14-/m0/s1. The van der Waals surface area contributed by atoms with E-state index >= 15 is 0 Å². The highest BCUT2D eigenvalue weighted by atomic mass is 19.1. The van der Waals surface area contributed by atoms with Crippen LogP contribution in [0.2, 0.25) is 0 Å². The van der Waals surface area contributed by atoms with Gasteiger partial charge in [0.25, 0.3) is 0 Å². The van der Waals surface area contributed by atoms with Gasteiger partial charge in [-0.1, -0.05) is 0 Å². The summed E-state index contributed by atoms with van der Waals surface area (Å²) in [7, 11) is 1.91. The number of ether oxygens (including phenoxy) is 1. The third kappa shape index (κ3) is 2.97. The van der Waals surface area contributed by atoms with Gasteiger partial charge in [-0.3, -0.25) is 4.68 Å². The molecule has 1 fully saturated rings. The average molecular weight is 304 g/mol. The van der Waals surface area contributed by atoms with Crippen molar-refractivity contribution in [3.63, 3.8) is 0 Å². The summed E-state index contributed by atoms with van der Waals surface area (Å²) in [4.78, 5) is 6.21. The van der Waals surface area contributed by atoms with Crippen LogP contribution in [0.15, 0.2) is 30.7 Å². The number of hydrogen-bond acceptors (Lipinski definition) is 4. The lowest BCUT2D eigenvalue weighted by molar-refractivity contribution is 0.111. The van der Waals surface area contributed by atoms with Crippen LogP contribution >= 0.6 is 0 Å². The fourth-order valence-electron chi connectivity index (χ4n) is 3.10. The lowest BCUT2D eigenvalue weighted by Crippen LogP contribution is -2.23. The SMILES string of the molecule is CCOC[C@@H]1CN(c2ncccc2F)C[C@H]1c1cnn(C)c1. The molecule has 0 radical (unpaired) electrons. The summed E-state index contributed by atoms with van der Waals surface area (Å²) in [6.45, 7) is 4.82. The molecule has 0 unspecified atom stereocenters. The van der Waals surface area contributed by atoms with E-state index in [1.54, 1.807) is 16.9 Å². The van der Waals surface area contributed by atoms with Crippen LogP contribution in [0.25, 0.3) is 0 Å². The normalized spacial score (nSPS) is 21.5. The molecule has 0 aliphatic carbocycles. The van der Waals surface area contributed by atoms with Gasteiger partial charge in [-0.25, -0.2) is 9.37 Å². The minimum absolute atomic E-state index is 0.274. The third-order valence-electron chi connectivity index (χ3n) is 4.17. The topological polar surface area (TPSA) is 43.2 Å². The van der Waals surface area contributed by atoms with E-state index in [2.05, 4.69) is 10.1 Å². The molecule has 6 heteroatoms. The first kappa shape index (κ1) is 15.0. The molecule has 3 rings (SSSR count). The molecule has 0 spiro atoms. The van der Waals surface area contributed by atoms with Crippen molar-refractivity contribution in [3.05, 3.63) is 42.1 Å². The van der Waals surface area contributed by atoms with Crippen LogP contribution in [-0.4, -0.2) is 41.1 Å². The lowest BCUT2D eigenvalue weighted by atomic mass is 9.92. The maximum atomic E-state index is 14.0. The fourth-order valence-corrected chi connectivity index (χ4v) is 3.10. The molecule has 0 N–H and O–H groups in total. The summed E-state index contributed by atoms with van der Waals surface area (Å²) in [6.07, 6.45) is 5.55. The minimum atomic E-state index is -0.274. The second-order valence-electron chi connectivity index (χ2n) is 5.69. The number of aromatic nitrogens is 3. The summed E-state index contributed by atoms with van der Waals surface area (Å²) < 4.78 is 21.4. The van der Waals surface area contributed by atoms with E-state index in [9.17, 15) is 4.39 Å². The van der Waals surface area contributed by atoms with E-state index in [4.69, 9.17) is 4.74 Å². The first-order chi connectivity index (χ1) is 10.7. The van der Waals surface area contributed by atoms with E-state index in [0.717, 1.165) is 13.1 Å². The van der Waals surface area contributed by atoms with E-state index in [0.29, 0.717) is 24.9 Å². The number of rotatable bonds is 5. The summed E-state index contributed by atoms with van der Waals surface area (Å²) in [5, 5.41) is 4.26. The number of aryl methyl sites for hydroxylation is 1. The number of hydrogen-bond donors (Lipinski definition) is 0. The van der Waals surface area contributed by atoms with Crippen molar-refractivity contribution >= 4 is 5.82 Å². The Hall–Kier alpha value is -1.95. The van der Waals surface area contributed by atoms with Gasteiger partial charge in [0.1, 0.15) is 0 Å². The highest BCUT2D eigenvalue weighted by Gasteiger charge is 2.36. The number of anilines is 1. The van der Waals surface area contributed by atoms with Crippen LogP contribution in [0.4, 0.5) is 10.2 Å². The molecule has 22 heavy (non-hydrogen) atoms. The predicted molar refractivity (Wildman–Crippen MR) is 82.3 cm³/mol. The summed E-state index contributed by atoms with van der Waals surface area (Å²) in [6, 6.07) is 3.07. The zero-order valence-electron chi connectivity index (χ0n) is 12.9. The largest absolute Gasteiger partial charge is 0.381 e. The molecule has 1 aliphatic rings. The van der Waals surface area contributed by atoms with E-state index in [-0.39, 0.29) is 11.7 Å². The van der Waals surface area contributed by atoms with E-state index in [1.807, 2.05) is 31.3 Å². The highest BCUT2D eigenvalue weighted by Crippen LogP contribution is 2.35. The van der Waals surface area contributed by atoms with Crippen molar-refractivity contribution in [1.82, 2.24) is 14.8 Å². The van der Waals surface area contributed by atoms with Crippen LogP contribution in [0.3, 0.4) is 0 Å². The Labute approximate surface area is 129 Å². The number of nitrogens with zero attached hydrogens (tertiary/aromatic N) is 4. The molecular weight excluding hydrogens is 283 g/mol. The van der Waals surface area contributed by atoms with E-state index < -0.39 is 0 Å². The first-order valence-corrected chi connectivity index (χ1v) is 7.60. The van der Waals surface area contributed by atoms with Crippen molar-refractivity contribution in [3.8, 4) is 0 Å². The lowest BCUT2D eigenvalue weighted by Gasteiger charge is -2.17. The molecule has 2 aromatic rings. The maximum Gasteiger partial charge on any atom is 0.165 e. The smallest absolute Gasteiger partial charge is 0.165 e. The molecule has 0 bridgehead atoms. The van der Waals surface area contributed by atoms with Crippen molar-refractivity contribution in [2.45, 2.75) is 12.8 Å². The second kappa shape index (κ2) is 6.44. The molecule has 0 aromatic carbocycles. The fraction of sp³-hybridized carbons (Fsp3) is 0.500. The molecule has 0 saturated carbocycles. The first-order valence-electron chi connectivity index (χ1n) is 7.60. The van der Waals surface area contributed by atoms with Gasteiger partial charge in [-0.2, -0.15) is 5.10 Å². The molecule has 2 aromatic heterocycles. The second-order valence-corrected chi connectivity index (χ2v) is 5.69. The van der Waals surface area contributed by atoms with Crippen molar-refractivity contribution in [2.75, 3.05) is 31.2 Å². The molecular formula is C16H21FN4O. The van der Waals surface area contributed by atoms with Crippen LogP contribution in [-0.2, 0) is 11.8 Å². The Morgan fingerprint density at radius 1 is 1.41 bits per heavy atom. The molecule has 118 valence electrons. The Kier molecular flexibility index (Phi) is 4.38. The quantitative estimate of drug-likeness (QED) is 0.849. The van der Waals surface area contributed by atoms with Crippen molar-refractivity contribution in [1.29, 1.82) is 0 Å². The maximum absolute atomic E-state index is 14.0. The Balaban J connectivity index is 1.83. The minimum Gasteiger partial charge on any atom is -0.381 e. The van der Waals surface area contributed by atoms with Crippen LogP contribution in [0.5, 0.6) is 0 Å². The molecule has 0 amide bonds. The molecule has 3 heterocycles. The zero-order chi connectivity index (χ0) is 15.5. The number of pyridine rings is 1. The van der Waals surface area contributed by atoms with E-state index in [1.165, 1.54) is 11.6 Å². The van der Waals surface area contributed by atoms with Crippen LogP contribution in [0, 0.1) is 11.7 Å². The molecule has 1 aliphatic heterocycles. The highest BCUT2D eigenvalue weighted by molar-refractivity contribution is 5.43. The van der Waals surface area contributed by atoms with Gasteiger partial charge >= 0.3 is 0 Å². The van der Waals surface area contributed by atoms with Gasteiger partial charge in [0.05, 0.1) is 12.8 Å². The third-order valence-corrected chi connectivity index (χ3v) is 4.17. The molecule has 1 saturated heterocycles. The average Bonchev–Trinajstić information content (AvgIpc) is 3.11. The van der Waals surface area contributed by atoms with Crippen molar-refractivity contribution < 1.29 is 9.13 Å². The monoisotopic (exact) mass is 304 g/mol. The van der Waals surface area contributed by atoms with Gasteiger partial charge in [-0.15, -0.1) is 0 Å². The Bertz CT molecular complexity index is 630. The molecule has 2 atom stereocenters. The summed E-state index contributed by atoms with van der Waals surface area (Å²) in [5.74, 6) is 0.743. The molecule has 5 nitrogen and oxygen atoms in total. The van der Waals surface area contributed by atoms with Gasteiger partial charge < -0.3 is 9.64 Å². The van der Waals surface area contributed by atoms with Gasteiger partial charge in [-0.05, 0) is 24.6 Å². The van der Waals surface area contributed by atoms with Gasteiger partial charge in [0.2, 0.25) is 0 Å². The zero-order valence-corrected chi connectivity index (χ0v) is 12.9. The van der Waals surface area contributed by atoms with Crippen molar-refractivity contribution in [2.24, 2.45) is 13.0 Å². The number of halogens is 1. The Morgan fingerprint density at radius 3 is 2.95 bits per heavy atom. The summed E-state index contributed by atoms with van der Waals surface area (Å²) >= 11 is 0.